The van der Waals surface area contributed by atoms with Crippen LogP contribution in [0.5, 0.6) is 0 Å². The Kier molecular flexibility index (Phi) is 9.03. The number of hydrogen-bond acceptors (Lipinski definition) is 3. The van der Waals surface area contributed by atoms with Crippen LogP contribution in [-0.4, -0.2) is 5.75 Å². The monoisotopic (exact) mass is 178 g/mol. The molecule has 0 amide bonds. The molecule has 0 aromatic carbocycles. The molecular weight excluding hydrogens is 168 g/mol. The fourth-order valence-corrected chi connectivity index (χ4v) is 3.05. The zero-order valence-electron chi connectivity index (χ0n) is 5.37. The highest BCUT2D eigenvalue weighted by molar-refractivity contribution is 9.10. The molecule has 0 nitrogen and oxygen atoms in total. The number of rotatable bonds is 5. The fourth-order valence-electron chi connectivity index (χ4n) is 0.182. The fraction of sp³-hybridized carbons (Fsp3) is 0.333. The highest BCUT2D eigenvalue weighted by Gasteiger charge is 1.81. The van der Waals surface area contributed by atoms with Crippen LogP contribution in [0.25, 0.3) is 0 Å². The van der Waals surface area contributed by atoms with Crippen LogP contribution < -0.4 is 0 Å². The third kappa shape index (κ3) is 8.53. The van der Waals surface area contributed by atoms with E-state index in [9.17, 15) is 0 Å². The van der Waals surface area contributed by atoms with Gasteiger partial charge < -0.3 is 0 Å². The summed E-state index contributed by atoms with van der Waals surface area (Å²) >= 11 is 0. The highest BCUT2D eigenvalue weighted by atomic mass is 33.5. The molecule has 0 saturated carbocycles. The molecule has 52 valence electrons. The summed E-state index contributed by atoms with van der Waals surface area (Å²) in [5, 5.41) is 2.07. The molecule has 3 heteroatoms. The van der Waals surface area contributed by atoms with E-state index in [2.05, 4.69) is 12.0 Å². The van der Waals surface area contributed by atoms with Gasteiger partial charge in [-0.25, -0.2) is 0 Å². The Morgan fingerprint density at radius 2 is 2.33 bits per heavy atom. The normalized spacial score (nSPS) is 10.3. The van der Waals surface area contributed by atoms with E-state index in [4.69, 9.17) is 0 Å². The van der Waals surface area contributed by atoms with Crippen LogP contribution in [0, 0.1) is 0 Å². The van der Waals surface area contributed by atoms with E-state index in [-0.39, 0.29) is 0 Å². The lowest BCUT2D eigenvalue weighted by atomic mass is 10.8. The molecule has 0 aromatic heterocycles. The minimum atomic E-state index is 1.02. The summed E-state index contributed by atoms with van der Waals surface area (Å²) in [6.07, 6.45) is 3.94. The van der Waals surface area contributed by atoms with Gasteiger partial charge in [-0.3, -0.25) is 0 Å². The van der Waals surface area contributed by atoms with Crippen molar-refractivity contribution in [1.29, 1.82) is 0 Å². The first kappa shape index (κ1) is 9.53. The largest absolute Gasteiger partial charge is 0.102 e. The first-order chi connectivity index (χ1) is 4.41. The molecule has 0 rings (SSSR count). The zero-order valence-corrected chi connectivity index (χ0v) is 7.82. The molecule has 0 unspecified atom stereocenters. The average molecular weight is 178 g/mol. The molecule has 0 aliphatic carbocycles. The molecule has 0 spiro atoms. The van der Waals surface area contributed by atoms with Crippen LogP contribution in [0.2, 0.25) is 0 Å². The van der Waals surface area contributed by atoms with Crippen molar-refractivity contribution in [3.8, 4) is 0 Å². The third-order valence-electron chi connectivity index (χ3n) is 0.465. The first-order valence-corrected chi connectivity index (χ1v) is 6.30. The lowest BCUT2D eigenvalue weighted by Crippen LogP contribution is -1.56. The Morgan fingerprint density at radius 3 is 2.89 bits per heavy atom. The van der Waals surface area contributed by atoms with Gasteiger partial charge in [0.05, 0.1) is 0 Å². The van der Waals surface area contributed by atoms with E-state index < -0.39 is 0 Å². The Bertz CT molecular complexity index is 88.3. The summed E-state index contributed by atoms with van der Waals surface area (Å²) in [5.41, 5.74) is 0. The smallest absolute Gasteiger partial charge is 0.0223 e. The van der Waals surface area contributed by atoms with Crippen LogP contribution in [-0.2, 0) is 0 Å². The summed E-state index contributed by atoms with van der Waals surface area (Å²) in [4.78, 5) is 0. The predicted molar refractivity (Wildman–Crippen MR) is 52.7 cm³/mol. The Morgan fingerprint density at radius 1 is 1.56 bits per heavy atom. The van der Waals surface area contributed by atoms with Crippen molar-refractivity contribution in [2.75, 3.05) is 5.75 Å². The summed E-state index contributed by atoms with van der Waals surface area (Å²) in [5.74, 6) is 1.02. The molecule has 0 heterocycles. The van der Waals surface area contributed by atoms with Crippen molar-refractivity contribution in [2.45, 2.75) is 6.92 Å². The lowest BCUT2D eigenvalue weighted by molar-refractivity contribution is 1.79. The maximum atomic E-state index is 3.62. The molecule has 0 radical (unpaired) electrons. The van der Waals surface area contributed by atoms with Crippen molar-refractivity contribution >= 4 is 31.4 Å². The van der Waals surface area contributed by atoms with E-state index in [1.807, 2.05) is 19.1 Å². The molecular formula is C6H10S3. The second-order valence-electron chi connectivity index (χ2n) is 1.21. The van der Waals surface area contributed by atoms with E-state index in [0.717, 1.165) is 5.75 Å². The molecule has 0 N–H and O–H groups in total. The minimum Gasteiger partial charge on any atom is -0.102 e. The quantitative estimate of drug-likeness (QED) is 0.357. The van der Waals surface area contributed by atoms with E-state index >= 15 is 0 Å². The van der Waals surface area contributed by atoms with Gasteiger partial charge in [0.25, 0.3) is 0 Å². The maximum absolute atomic E-state index is 3.62. The molecule has 0 aromatic rings. The zero-order chi connectivity index (χ0) is 6.95. The van der Waals surface area contributed by atoms with Crippen LogP contribution >= 0.6 is 31.4 Å². The molecule has 0 aliphatic heterocycles. The van der Waals surface area contributed by atoms with Crippen molar-refractivity contribution in [3.05, 3.63) is 24.1 Å². The van der Waals surface area contributed by atoms with E-state index in [0.29, 0.717) is 0 Å². The third-order valence-corrected chi connectivity index (χ3v) is 4.23. The summed E-state index contributed by atoms with van der Waals surface area (Å²) in [6.45, 7) is 5.64. The Hall–Kier alpha value is 0.530. The van der Waals surface area contributed by atoms with E-state index in [1.165, 1.54) is 0 Å². The summed E-state index contributed by atoms with van der Waals surface area (Å²) in [6, 6.07) is 0. The van der Waals surface area contributed by atoms with Gasteiger partial charge in [-0.05, 0) is 22.2 Å². The van der Waals surface area contributed by atoms with Crippen LogP contribution in [0.1, 0.15) is 6.92 Å². The van der Waals surface area contributed by atoms with Gasteiger partial charge in [0.15, 0.2) is 0 Å². The molecule has 0 saturated heterocycles. The van der Waals surface area contributed by atoms with Crippen molar-refractivity contribution < 1.29 is 0 Å². The molecule has 9 heavy (non-hydrogen) atoms. The Labute approximate surface area is 68.4 Å². The molecule has 0 aliphatic rings. The van der Waals surface area contributed by atoms with Crippen LogP contribution in [0.15, 0.2) is 24.1 Å². The van der Waals surface area contributed by atoms with Gasteiger partial charge >= 0.3 is 0 Å². The first-order valence-electron chi connectivity index (χ1n) is 2.58. The van der Waals surface area contributed by atoms with Crippen molar-refractivity contribution in [3.63, 3.8) is 0 Å². The van der Waals surface area contributed by atoms with Gasteiger partial charge in [0.1, 0.15) is 0 Å². The maximum Gasteiger partial charge on any atom is 0.0223 e. The Balaban J connectivity index is 2.82. The molecule has 0 atom stereocenters. The minimum absolute atomic E-state index is 1.02. The van der Waals surface area contributed by atoms with Gasteiger partial charge in [-0.15, -0.1) is 6.58 Å². The van der Waals surface area contributed by atoms with Crippen LogP contribution in [0.4, 0.5) is 0 Å². The SMILES string of the molecule is C=CCSSS/C=C\C. The predicted octanol–water partition coefficient (Wildman–Crippen LogP) is 3.74. The number of hydrogen-bond donors (Lipinski definition) is 0. The standard InChI is InChI=1S/C6H10S3/c1-3-5-7-9-8-6-4-2/h3-4,6H,1,5H2,2H3/b6-4-. The number of allylic oxidation sites excluding steroid dienone is 1. The van der Waals surface area contributed by atoms with E-state index in [1.54, 1.807) is 31.4 Å². The van der Waals surface area contributed by atoms with Crippen molar-refractivity contribution in [2.24, 2.45) is 0 Å². The molecule has 0 fully saturated rings. The van der Waals surface area contributed by atoms with Gasteiger partial charge in [-0.2, -0.15) is 0 Å². The topological polar surface area (TPSA) is 0 Å². The lowest BCUT2D eigenvalue weighted by Gasteiger charge is -1.88. The summed E-state index contributed by atoms with van der Waals surface area (Å²) < 4.78 is 0. The van der Waals surface area contributed by atoms with Gasteiger partial charge in [0.2, 0.25) is 0 Å². The average Bonchev–Trinajstić information content (AvgIpc) is 1.89. The van der Waals surface area contributed by atoms with Gasteiger partial charge in [-0.1, -0.05) is 33.7 Å². The van der Waals surface area contributed by atoms with Crippen molar-refractivity contribution in [1.82, 2.24) is 0 Å². The second kappa shape index (κ2) is 8.53. The molecule has 0 bridgehead atoms. The van der Waals surface area contributed by atoms with Crippen LogP contribution in [0.3, 0.4) is 0 Å². The van der Waals surface area contributed by atoms with Gasteiger partial charge in [0, 0.05) is 5.75 Å². The summed E-state index contributed by atoms with van der Waals surface area (Å²) in [7, 11) is 5.33. The second-order valence-corrected chi connectivity index (χ2v) is 5.29. The highest BCUT2D eigenvalue weighted by Crippen LogP contribution is 2.34.